The molecule has 0 heterocycles. The fourth-order valence-corrected chi connectivity index (χ4v) is 3.35. The first-order valence-electron chi connectivity index (χ1n) is 5.41. The lowest BCUT2D eigenvalue weighted by atomic mass is 10.1. The Hall–Kier alpha value is -1.25. The molecule has 1 aromatic carbocycles. The van der Waals surface area contributed by atoms with Crippen molar-refractivity contribution >= 4 is 19.7 Å². The highest BCUT2D eigenvalue weighted by atomic mass is 35.7. The molecule has 4 nitrogen and oxygen atoms in total. The molecule has 1 atom stereocenters. The van der Waals surface area contributed by atoms with Gasteiger partial charge in [-0.25, -0.2) is 8.42 Å². The molecule has 1 aromatic rings. The van der Waals surface area contributed by atoms with Crippen LogP contribution in [-0.2, 0) is 9.05 Å². The Morgan fingerprint density at radius 3 is 2.22 bits per heavy atom. The van der Waals surface area contributed by atoms with Gasteiger partial charge in [0.25, 0.3) is 9.05 Å². The van der Waals surface area contributed by atoms with Crippen LogP contribution in [0.3, 0.4) is 0 Å². The summed E-state index contributed by atoms with van der Waals surface area (Å²) in [6, 6.07) is 5.16. The third-order valence-corrected chi connectivity index (χ3v) is 4.07. The van der Waals surface area contributed by atoms with Crippen molar-refractivity contribution in [3.8, 4) is 11.8 Å². The summed E-state index contributed by atoms with van der Waals surface area (Å²) in [6.45, 7) is 5.12. The number of hydrogen-bond acceptors (Lipinski definition) is 4. The van der Waals surface area contributed by atoms with E-state index in [9.17, 15) is 8.42 Å². The molecule has 0 amide bonds. The van der Waals surface area contributed by atoms with Crippen molar-refractivity contribution < 1.29 is 13.2 Å². The summed E-state index contributed by atoms with van der Waals surface area (Å²) < 4.78 is 28.2. The number of aryl methyl sites for hydroxylation is 2. The van der Waals surface area contributed by atoms with Crippen LogP contribution in [0.25, 0.3) is 0 Å². The van der Waals surface area contributed by atoms with Crippen LogP contribution in [0, 0.1) is 25.2 Å². The topological polar surface area (TPSA) is 67.2 Å². The van der Waals surface area contributed by atoms with Crippen molar-refractivity contribution in [3.05, 3.63) is 23.3 Å². The molecule has 0 bridgehead atoms. The van der Waals surface area contributed by atoms with E-state index < -0.39 is 15.2 Å². The van der Waals surface area contributed by atoms with Gasteiger partial charge >= 0.3 is 0 Å². The third-order valence-electron chi connectivity index (χ3n) is 2.47. The molecule has 0 saturated carbocycles. The molecule has 0 aliphatic carbocycles. The Morgan fingerprint density at radius 1 is 1.39 bits per heavy atom. The maximum Gasteiger partial charge on any atom is 0.261 e. The summed E-state index contributed by atoms with van der Waals surface area (Å²) in [5.74, 6) is 0.475. The Morgan fingerprint density at radius 2 is 1.89 bits per heavy atom. The Kier molecular flexibility index (Phi) is 4.60. The first-order valence-corrected chi connectivity index (χ1v) is 7.72. The largest absolute Gasteiger partial charge is 0.476 e. The maximum absolute atomic E-state index is 11.4. The van der Waals surface area contributed by atoms with Crippen LogP contribution in [0.15, 0.2) is 17.0 Å². The van der Waals surface area contributed by atoms with Crippen LogP contribution < -0.4 is 4.74 Å². The van der Waals surface area contributed by atoms with Crippen molar-refractivity contribution in [2.75, 3.05) is 0 Å². The standard InChI is InChI=1S/C12H14ClNO3S/c1-4-10(7-14)17-11-5-8(2)12(9(3)6-11)18(13,15)16/h5-6,10H,4H2,1-3H3. The van der Waals surface area contributed by atoms with E-state index >= 15 is 0 Å². The molecular formula is C12H14ClNO3S. The van der Waals surface area contributed by atoms with Gasteiger partial charge < -0.3 is 4.74 Å². The number of nitriles is 1. The predicted octanol–water partition coefficient (Wildman–Crippen LogP) is 2.91. The normalized spacial score (nSPS) is 12.8. The van der Waals surface area contributed by atoms with Crippen molar-refractivity contribution in [3.63, 3.8) is 0 Å². The lowest BCUT2D eigenvalue weighted by Gasteiger charge is -2.13. The van der Waals surface area contributed by atoms with E-state index in [-0.39, 0.29) is 4.90 Å². The van der Waals surface area contributed by atoms with E-state index in [1.807, 2.05) is 13.0 Å². The van der Waals surface area contributed by atoms with Gasteiger partial charge in [-0.3, -0.25) is 0 Å². The van der Waals surface area contributed by atoms with Gasteiger partial charge in [0.05, 0.1) is 4.90 Å². The fraction of sp³-hybridized carbons (Fsp3) is 0.417. The summed E-state index contributed by atoms with van der Waals surface area (Å²) >= 11 is 0. The highest BCUT2D eigenvalue weighted by Gasteiger charge is 2.18. The molecule has 98 valence electrons. The minimum atomic E-state index is -3.77. The van der Waals surface area contributed by atoms with E-state index in [4.69, 9.17) is 20.7 Å². The zero-order valence-electron chi connectivity index (χ0n) is 10.4. The minimum absolute atomic E-state index is 0.0986. The second-order valence-corrected chi connectivity index (χ2v) is 6.47. The highest BCUT2D eigenvalue weighted by molar-refractivity contribution is 8.13. The second-order valence-electron chi connectivity index (χ2n) is 3.97. The first-order chi connectivity index (χ1) is 8.29. The molecule has 0 N–H and O–H groups in total. The quantitative estimate of drug-likeness (QED) is 0.799. The average Bonchev–Trinajstić information content (AvgIpc) is 2.22. The van der Waals surface area contributed by atoms with E-state index in [1.165, 1.54) is 0 Å². The molecule has 1 rings (SSSR count). The number of ether oxygens (including phenoxy) is 1. The smallest absolute Gasteiger partial charge is 0.261 e. The fourth-order valence-electron chi connectivity index (χ4n) is 1.73. The monoisotopic (exact) mass is 287 g/mol. The SMILES string of the molecule is CCC(C#N)Oc1cc(C)c(S(=O)(=O)Cl)c(C)c1. The second kappa shape index (κ2) is 5.59. The zero-order chi connectivity index (χ0) is 13.9. The van der Waals surface area contributed by atoms with Gasteiger partial charge in [0.2, 0.25) is 0 Å². The molecule has 0 aromatic heterocycles. The maximum atomic E-state index is 11.4. The first kappa shape index (κ1) is 14.8. The zero-order valence-corrected chi connectivity index (χ0v) is 12.0. The molecule has 0 fully saturated rings. The summed E-state index contributed by atoms with van der Waals surface area (Å²) in [5, 5.41) is 8.82. The van der Waals surface area contributed by atoms with Crippen LogP contribution in [0.1, 0.15) is 24.5 Å². The van der Waals surface area contributed by atoms with Gasteiger partial charge in [-0.15, -0.1) is 0 Å². The number of halogens is 1. The Balaban J connectivity index is 3.20. The van der Waals surface area contributed by atoms with Crippen molar-refractivity contribution in [2.24, 2.45) is 0 Å². The van der Waals surface area contributed by atoms with E-state index in [1.54, 1.807) is 26.0 Å². The van der Waals surface area contributed by atoms with Gasteiger partial charge in [0.1, 0.15) is 11.8 Å². The molecule has 18 heavy (non-hydrogen) atoms. The van der Waals surface area contributed by atoms with E-state index in [2.05, 4.69) is 0 Å². The molecule has 6 heteroatoms. The van der Waals surface area contributed by atoms with Crippen LogP contribution in [0.5, 0.6) is 5.75 Å². The molecular weight excluding hydrogens is 274 g/mol. The van der Waals surface area contributed by atoms with Gasteiger partial charge in [-0.2, -0.15) is 5.26 Å². The lowest BCUT2D eigenvalue weighted by Crippen LogP contribution is -2.12. The molecule has 1 unspecified atom stereocenters. The van der Waals surface area contributed by atoms with Crippen molar-refractivity contribution in [2.45, 2.75) is 38.2 Å². The molecule has 0 radical (unpaired) electrons. The molecule has 0 aliphatic rings. The van der Waals surface area contributed by atoms with Gasteiger partial charge in [0, 0.05) is 10.7 Å². The lowest BCUT2D eigenvalue weighted by molar-refractivity contribution is 0.251. The van der Waals surface area contributed by atoms with Gasteiger partial charge in [-0.05, 0) is 43.5 Å². The summed E-state index contributed by atoms with van der Waals surface area (Å²) in [7, 11) is 1.59. The summed E-state index contributed by atoms with van der Waals surface area (Å²) in [5.41, 5.74) is 1.01. The van der Waals surface area contributed by atoms with Crippen LogP contribution >= 0.6 is 10.7 Å². The number of benzene rings is 1. The number of hydrogen-bond donors (Lipinski definition) is 0. The molecule has 0 spiro atoms. The van der Waals surface area contributed by atoms with Crippen LogP contribution in [-0.4, -0.2) is 14.5 Å². The summed E-state index contributed by atoms with van der Waals surface area (Å²) in [6.07, 6.45) is 0.0201. The van der Waals surface area contributed by atoms with E-state index in [0.29, 0.717) is 23.3 Å². The average molecular weight is 288 g/mol. The van der Waals surface area contributed by atoms with Gasteiger partial charge in [0.15, 0.2) is 6.10 Å². The van der Waals surface area contributed by atoms with Crippen LogP contribution in [0.4, 0.5) is 0 Å². The Labute approximate surface area is 112 Å². The minimum Gasteiger partial charge on any atom is -0.476 e. The van der Waals surface area contributed by atoms with Crippen molar-refractivity contribution in [1.29, 1.82) is 5.26 Å². The summed E-state index contributed by atoms with van der Waals surface area (Å²) in [4.78, 5) is 0.0986. The van der Waals surface area contributed by atoms with Crippen LogP contribution in [0.2, 0.25) is 0 Å². The predicted molar refractivity (Wildman–Crippen MR) is 69.3 cm³/mol. The number of rotatable bonds is 4. The van der Waals surface area contributed by atoms with Gasteiger partial charge in [-0.1, -0.05) is 6.92 Å². The Bertz CT molecular complexity index is 567. The molecule has 0 saturated heterocycles. The molecule has 0 aliphatic heterocycles. The number of nitrogens with zero attached hydrogens (tertiary/aromatic N) is 1. The van der Waals surface area contributed by atoms with Crippen molar-refractivity contribution in [1.82, 2.24) is 0 Å². The van der Waals surface area contributed by atoms with E-state index in [0.717, 1.165) is 0 Å². The highest BCUT2D eigenvalue weighted by Crippen LogP contribution is 2.28. The third kappa shape index (κ3) is 3.37.